The standard InChI is InChI=1S/C18H16N4O3S/c1-18(16(23)21-17(24)22-18)8-6-11-2-4-12(5-3-11)25-14-13-7-9-26-15(13)20-10-19-14/h2-5,7,9-10H,6,8H2,1H3,(H2,21,22,23,24)/t18-/m1/s1. The van der Waals surface area contributed by atoms with Crippen molar-refractivity contribution < 1.29 is 14.3 Å². The maximum Gasteiger partial charge on any atom is 0.322 e. The van der Waals surface area contributed by atoms with Gasteiger partial charge >= 0.3 is 6.03 Å². The quantitative estimate of drug-likeness (QED) is 0.675. The summed E-state index contributed by atoms with van der Waals surface area (Å²) in [6.45, 7) is 1.73. The molecule has 1 atom stereocenters. The molecule has 1 aromatic carbocycles. The van der Waals surface area contributed by atoms with Crippen LogP contribution in [0.25, 0.3) is 10.2 Å². The van der Waals surface area contributed by atoms with Crippen molar-refractivity contribution in [3.8, 4) is 11.6 Å². The van der Waals surface area contributed by atoms with Gasteiger partial charge in [-0.1, -0.05) is 12.1 Å². The molecule has 0 radical (unpaired) electrons. The molecule has 1 fully saturated rings. The Bertz CT molecular complexity index is 986. The van der Waals surface area contributed by atoms with Crippen LogP contribution in [0.1, 0.15) is 18.9 Å². The van der Waals surface area contributed by atoms with Gasteiger partial charge in [0.2, 0.25) is 5.88 Å². The number of amides is 3. The third-order valence-corrected chi connectivity index (χ3v) is 5.22. The van der Waals surface area contributed by atoms with Gasteiger partial charge in [0.05, 0.1) is 5.39 Å². The number of nitrogens with zero attached hydrogens (tertiary/aromatic N) is 2. The number of thiophene rings is 1. The molecule has 1 saturated heterocycles. The number of carbonyl (C=O) groups is 2. The van der Waals surface area contributed by atoms with Gasteiger partial charge in [0.1, 0.15) is 22.4 Å². The molecule has 4 rings (SSSR count). The Balaban J connectivity index is 1.43. The van der Waals surface area contributed by atoms with E-state index in [1.165, 1.54) is 17.7 Å². The molecule has 1 aliphatic rings. The van der Waals surface area contributed by atoms with Crippen LogP contribution in [0.2, 0.25) is 0 Å². The average Bonchev–Trinajstić information content (AvgIpc) is 3.20. The predicted octanol–water partition coefficient (Wildman–Crippen LogP) is 3.01. The number of nitrogens with one attached hydrogen (secondary N) is 2. The lowest BCUT2D eigenvalue weighted by atomic mass is 9.93. The Morgan fingerprint density at radius 1 is 1.15 bits per heavy atom. The highest BCUT2D eigenvalue weighted by molar-refractivity contribution is 7.16. The summed E-state index contributed by atoms with van der Waals surface area (Å²) in [5, 5.41) is 7.78. The van der Waals surface area contributed by atoms with Crippen LogP contribution in [0.5, 0.6) is 11.6 Å². The Hall–Kier alpha value is -3.00. The Labute approximate surface area is 153 Å². The molecule has 2 aromatic heterocycles. The van der Waals surface area contributed by atoms with Crippen molar-refractivity contribution in [3.05, 3.63) is 47.6 Å². The maximum absolute atomic E-state index is 11.8. The van der Waals surface area contributed by atoms with Crippen molar-refractivity contribution in [3.63, 3.8) is 0 Å². The third-order valence-electron chi connectivity index (χ3n) is 4.39. The van der Waals surface area contributed by atoms with Crippen LogP contribution in [-0.4, -0.2) is 27.4 Å². The second-order valence-electron chi connectivity index (χ2n) is 6.30. The lowest BCUT2D eigenvalue weighted by Gasteiger charge is -2.20. The fourth-order valence-electron chi connectivity index (χ4n) is 2.83. The summed E-state index contributed by atoms with van der Waals surface area (Å²) in [4.78, 5) is 32.4. The van der Waals surface area contributed by atoms with Crippen molar-refractivity contribution in [1.29, 1.82) is 0 Å². The molecule has 0 spiro atoms. The molecular formula is C18H16N4O3S. The summed E-state index contributed by atoms with van der Waals surface area (Å²) < 4.78 is 5.87. The van der Waals surface area contributed by atoms with Crippen LogP contribution in [-0.2, 0) is 11.2 Å². The van der Waals surface area contributed by atoms with Crippen molar-refractivity contribution >= 4 is 33.5 Å². The van der Waals surface area contributed by atoms with E-state index in [1.807, 2.05) is 35.7 Å². The number of ether oxygens (including phenoxy) is 1. The highest BCUT2D eigenvalue weighted by Crippen LogP contribution is 2.29. The van der Waals surface area contributed by atoms with Gasteiger partial charge in [-0.3, -0.25) is 10.1 Å². The molecule has 3 aromatic rings. The number of carbonyl (C=O) groups excluding carboxylic acids is 2. The summed E-state index contributed by atoms with van der Waals surface area (Å²) in [7, 11) is 0. The zero-order chi connectivity index (χ0) is 18.1. The van der Waals surface area contributed by atoms with Gasteiger partial charge in [-0.05, 0) is 48.9 Å². The van der Waals surface area contributed by atoms with Crippen molar-refractivity contribution in [2.45, 2.75) is 25.3 Å². The van der Waals surface area contributed by atoms with E-state index >= 15 is 0 Å². The normalized spacial score (nSPS) is 19.4. The monoisotopic (exact) mass is 368 g/mol. The number of rotatable bonds is 5. The molecule has 26 heavy (non-hydrogen) atoms. The summed E-state index contributed by atoms with van der Waals surface area (Å²) in [5.41, 5.74) is 0.188. The molecule has 0 aliphatic carbocycles. The minimum absolute atomic E-state index is 0.286. The van der Waals surface area contributed by atoms with E-state index in [0.717, 1.165) is 15.8 Å². The minimum atomic E-state index is -0.863. The lowest BCUT2D eigenvalue weighted by Crippen LogP contribution is -2.43. The molecule has 2 N–H and O–H groups in total. The summed E-state index contributed by atoms with van der Waals surface area (Å²) >= 11 is 1.54. The van der Waals surface area contributed by atoms with Gasteiger partial charge in [-0.15, -0.1) is 11.3 Å². The second-order valence-corrected chi connectivity index (χ2v) is 7.20. The Morgan fingerprint density at radius 2 is 1.96 bits per heavy atom. The van der Waals surface area contributed by atoms with Crippen molar-refractivity contribution in [1.82, 2.24) is 20.6 Å². The lowest BCUT2D eigenvalue weighted by molar-refractivity contribution is -0.123. The van der Waals surface area contributed by atoms with Crippen LogP contribution in [0.15, 0.2) is 42.0 Å². The highest BCUT2D eigenvalue weighted by Gasteiger charge is 2.41. The Kier molecular flexibility index (Phi) is 4.04. The number of benzene rings is 1. The van der Waals surface area contributed by atoms with Crippen LogP contribution in [0.3, 0.4) is 0 Å². The SMILES string of the molecule is C[C@]1(CCc2ccc(Oc3ncnc4sccc34)cc2)NC(=O)NC1=O. The zero-order valence-electron chi connectivity index (χ0n) is 14.0. The molecule has 0 bridgehead atoms. The van der Waals surface area contributed by atoms with E-state index in [-0.39, 0.29) is 5.91 Å². The van der Waals surface area contributed by atoms with E-state index in [0.29, 0.717) is 24.5 Å². The first-order valence-corrected chi connectivity index (χ1v) is 9.00. The number of hydrogen-bond acceptors (Lipinski definition) is 6. The number of aromatic nitrogens is 2. The number of hydrogen-bond donors (Lipinski definition) is 2. The zero-order valence-corrected chi connectivity index (χ0v) is 14.8. The molecule has 7 nitrogen and oxygen atoms in total. The first-order valence-electron chi connectivity index (χ1n) is 8.12. The van der Waals surface area contributed by atoms with E-state index in [2.05, 4.69) is 20.6 Å². The van der Waals surface area contributed by atoms with Crippen LogP contribution >= 0.6 is 11.3 Å². The molecule has 0 unspecified atom stereocenters. The number of fused-ring (bicyclic) bond motifs is 1. The molecule has 1 aliphatic heterocycles. The largest absolute Gasteiger partial charge is 0.438 e. The second kappa shape index (κ2) is 6.38. The van der Waals surface area contributed by atoms with Gasteiger partial charge in [-0.25, -0.2) is 14.8 Å². The van der Waals surface area contributed by atoms with Crippen molar-refractivity contribution in [2.24, 2.45) is 0 Å². The van der Waals surface area contributed by atoms with E-state index in [1.54, 1.807) is 6.92 Å². The van der Waals surface area contributed by atoms with Crippen LogP contribution < -0.4 is 15.4 Å². The van der Waals surface area contributed by atoms with E-state index in [4.69, 9.17) is 4.74 Å². The van der Waals surface area contributed by atoms with Crippen LogP contribution in [0, 0.1) is 0 Å². The fraction of sp³-hybridized carbons (Fsp3) is 0.222. The van der Waals surface area contributed by atoms with Crippen LogP contribution in [0.4, 0.5) is 4.79 Å². The van der Waals surface area contributed by atoms with E-state index in [9.17, 15) is 9.59 Å². The summed E-state index contributed by atoms with van der Waals surface area (Å²) in [5.74, 6) is 0.922. The molecule has 3 amide bonds. The van der Waals surface area contributed by atoms with Gasteiger partial charge in [0, 0.05) is 0 Å². The number of urea groups is 1. The molecule has 8 heteroatoms. The molecular weight excluding hydrogens is 352 g/mol. The van der Waals surface area contributed by atoms with Gasteiger partial charge in [0.25, 0.3) is 5.91 Å². The van der Waals surface area contributed by atoms with Gasteiger partial charge in [-0.2, -0.15) is 0 Å². The topological polar surface area (TPSA) is 93.2 Å². The number of imide groups is 1. The maximum atomic E-state index is 11.8. The fourth-order valence-corrected chi connectivity index (χ4v) is 3.56. The van der Waals surface area contributed by atoms with E-state index < -0.39 is 11.6 Å². The first kappa shape index (κ1) is 16.5. The minimum Gasteiger partial charge on any atom is -0.438 e. The Morgan fingerprint density at radius 3 is 2.69 bits per heavy atom. The smallest absolute Gasteiger partial charge is 0.322 e. The first-order chi connectivity index (χ1) is 12.5. The highest BCUT2D eigenvalue weighted by atomic mass is 32.1. The average molecular weight is 368 g/mol. The summed E-state index contributed by atoms with van der Waals surface area (Å²) in [6, 6.07) is 9.12. The van der Waals surface area contributed by atoms with Gasteiger partial charge in [0.15, 0.2) is 0 Å². The molecule has 0 saturated carbocycles. The number of aryl methyl sites for hydroxylation is 1. The van der Waals surface area contributed by atoms with Crippen molar-refractivity contribution in [2.75, 3.05) is 0 Å². The molecule has 3 heterocycles. The third kappa shape index (κ3) is 3.11. The summed E-state index contributed by atoms with van der Waals surface area (Å²) in [6.07, 6.45) is 2.67. The van der Waals surface area contributed by atoms with Gasteiger partial charge < -0.3 is 10.1 Å². The predicted molar refractivity (Wildman–Crippen MR) is 97.3 cm³/mol. The molecule has 132 valence electrons.